The summed E-state index contributed by atoms with van der Waals surface area (Å²) in [5.74, 6) is 0.427. The minimum Gasteiger partial charge on any atom is -0.507 e. The Bertz CT molecular complexity index is 1170. The monoisotopic (exact) mass is 343 g/mol. The zero-order valence-electron chi connectivity index (χ0n) is 13.5. The van der Waals surface area contributed by atoms with Gasteiger partial charge in [0.2, 0.25) is 5.88 Å². The number of para-hydroxylation sites is 2. The summed E-state index contributed by atoms with van der Waals surface area (Å²) in [4.78, 5) is 17.1. The molecule has 0 amide bonds. The molecule has 1 N–H and O–H groups in total. The molecule has 0 bridgehead atoms. The molecule has 1 atom stereocenters. The first-order valence-corrected chi connectivity index (χ1v) is 8.20. The molecule has 126 valence electrons. The maximum atomic E-state index is 12.8. The highest BCUT2D eigenvalue weighted by Gasteiger charge is 2.34. The van der Waals surface area contributed by atoms with Crippen LogP contribution >= 0.6 is 0 Å². The van der Waals surface area contributed by atoms with Crippen molar-refractivity contribution >= 4 is 11.0 Å². The third kappa shape index (κ3) is 2.04. The molecule has 3 heterocycles. The summed E-state index contributed by atoms with van der Waals surface area (Å²) in [7, 11) is 0. The molecule has 0 spiro atoms. The normalized spacial score (nSPS) is 15.2. The molecule has 0 saturated carbocycles. The van der Waals surface area contributed by atoms with Crippen LogP contribution in [0.15, 0.2) is 76.1 Å². The second-order valence-corrected chi connectivity index (χ2v) is 6.12. The van der Waals surface area contributed by atoms with Crippen molar-refractivity contribution in [3.8, 4) is 17.4 Å². The standard InChI is InChI=1S/C21H13NO4/c23-19-13-7-2-4-10-16(13)26-21(24)18(19)17-12-6-1-3-9-15(12)25-20-14(17)8-5-11-22-20/h1-11,17,23H. The molecular weight excluding hydrogens is 330 g/mol. The van der Waals surface area contributed by atoms with Crippen LogP contribution in [0.1, 0.15) is 22.6 Å². The number of fused-ring (bicyclic) bond motifs is 3. The van der Waals surface area contributed by atoms with Gasteiger partial charge in [-0.2, -0.15) is 0 Å². The predicted octanol–water partition coefficient (Wildman–Crippen LogP) is 4.18. The molecule has 2 aromatic carbocycles. The summed E-state index contributed by atoms with van der Waals surface area (Å²) >= 11 is 0. The summed E-state index contributed by atoms with van der Waals surface area (Å²) in [6.45, 7) is 0. The second-order valence-electron chi connectivity index (χ2n) is 6.12. The second kappa shape index (κ2) is 5.46. The van der Waals surface area contributed by atoms with Crippen molar-refractivity contribution in [1.29, 1.82) is 0 Å². The van der Waals surface area contributed by atoms with Crippen LogP contribution in [0.25, 0.3) is 11.0 Å². The fraction of sp³-hybridized carbons (Fsp3) is 0.0476. The molecule has 26 heavy (non-hydrogen) atoms. The quantitative estimate of drug-likeness (QED) is 0.462. The van der Waals surface area contributed by atoms with E-state index in [2.05, 4.69) is 4.98 Å². The summed E-state index contributed by atoms with van der Waals surface area (Å²) in [6, 6.07) is 18.0. The molecule has 5 heteroatoms. The molecular formula is C21H13NO4. The third-order valence-corrected chi connectivity index (χ3v) is 4.66. The molecule has 5 nitrogen and oxygen atoms in total. The molecule has 1 aliphatic rings. The van der Waals surface area contributed by atoms with E-state index in [1.807, 2.05) is 30.3 Å². The van der Waals surface area contributed by atoms with Gasteiger partial charge in [-0.3, -0.25) is 0 Å². The molecule has 5 rings (SSSR count). The first-order chi connectivity index (χ1) is 12.7. The number of aromatic hydroxyl groups is 1. The first kappa shape index (κ1) is 14.7. The smallest absolute Gasteiger partial charge is 0.344 e. The predicted molar refractivity (Wildman–Crippen MR) is 95.8 cm³/mol. The zero-order chi connectivity index (χ0) is 17.7. The van der Waals surface area contributed by atoms with Crippen molar-refractivity contribution in [1.82, 2.24) is 4.98 Å². The average molecular weight is 343 g/mol. The number of nitrogens with zero attached hydrogens (tertiary/aromatic N) is 1. The van der Waals surface area contributed by atoms with Crippen LogP contribution in [0, 0.1) is 0 Å². The minimum absolute atomic E-state index is 0.0756. The van der Waals surface area contributed by atoms with Gasteiger partial charge in [0, 0.05) is 17.3 Å². The van der Waals surface area contributed by atoms with E-state index in [1.54, 1.807) is 36.5 Å². The minimum atomic E-state index is -0.572. The highest BCUT2D eigenvalue weighted by atomic mass is 16.5. The van der Waals surface area contributed by atoms with E-state index in [0.717, 1.165) is 5.56 Å². The number of rotatable bonds is 1. The Labute approximate surface area is 148 Å². The zero-order valence-corrected chi connectivity index (χ0v) is 13.5. The van der Waals surface area contributed by atoms with E-state index >= 15 is 0 Å². The Morgan fingerprint density at radius 2 is 1.69 bits per heavy atom. The fourth-order valence-corrected chi connectivity index (χ4v) is 3.51. The average Bonchev–Trinajstić information content (AvgIpc) is 2.67. The van der Waals surface area contributed by atoms with E-state index in [4.69, 9.17) is 9.15 Å². The molecule has 0 fully saturated rings. The van der Waals surface area contributed by atoms with Crippen molar-refractivity contribution in [2.75, 3.05) is 0 Å². The van der Waals surface area contributed by atoms with Gasteiger partial charge in [-0.05, 0) is 24.3 Å². The number of hydrogen-bond donors (Lipinski definition) is 1. The largest absolute Gasteiger partial charge is 0.507 e. The van der Waals surface area contributed by atoms with E-state index < -0.39 is 11.5 Å². The number of benzene rings is 2. The Morgan fingerprint density at radius 3 is 2.62 bits per heavy atom. The molecule has 1 aliphatic heterocycles. The van der Waals surface area contributed by atoms with E-state index in [1.165, 1.54) is 0 Å². The van der Waals surface area contributed by atoms with Gasteiger partial charge in [-0.15, -0.1) is 0 Å². The van der Waals surface area contributed by atoms with Crippen molar-refractivity contribution in [3.63, 3.8) is 0 Å². The third-order valence-electron chi connectivity index (χ3n) is 4.66. The number of ether oxygens (including phenoxy) is 1. The van der Waals surface area contributed by atoms with Crippen LogP contribution in [0.3, 0.4) is 0 Å². The van der Waals surface area contributed by atoms with Gasteiger partial charge in [0.15, 0.2) is 0 Å². The number of aromatic nitrogens is 1. The first-order valence-electron chi connectivity index (χ1n) is 8.20. The van der Waals surface area contributed by atoms with Crippen LogP contribution in [0.2, 0.25) is 0 Å². The summed E-state index contributed by atoms with van der Waals surface area (Å²) in [5, 5.41) is 11.4. The van der Waals surface area contributed by atoms with E-state index in [-0.39, 0.29) is 11.3 Å². The SMILES string of the molecule is O=c1oc2ccccc2c(O)c1C1c2ccccc2Oc2ncccc21. The number of pyridine rings is 1. The van der Waals surface area contributed by atoms with Crippen molar-refractivity contribution < 1.29 is 14.3 Å². The van der Waals surface area contributed by atoms with Crippen molar-refractivity contribution in [2.45, 2.75) is 5.92 Å². The molecule has 0 aliphatic carbocycles. The lowest BCUT2D eigenvalue weighted by Gasteiger charge is -2.27. The highest BCUT2D eigenvalue weighted by Crippen LogP contribution is 2.47. The highest BCUT2D eigenvalue weighted by molar-refractivity contribution is 5.84. The van der Waals surface area contributed by atoms with Crippen LogP contribution in [0.4, 0.5) is 0 Å². The van der Waals surface area contributed by atoms with Gasteiger partial charge in [-0.25, -0.2) is 9.78 Å². The Hall–Kier alpha value is -3.60. The van der Waals surface area contributed by atoms with Gasteiger partial charge in [0.1, 0.15) is 17.1 Å². The van der Waals surface area contributed by atoms with Gasteiger partial charge in [-0.1, -0.05) is 36.4 Å². The Kier molecular flexibility index (Phi) is 3.09. The van der Waals surface area contributed by atoms with Crippen molar-refractivity contribution in [3.05, 3.63) is 94.0 Å². The summed E-state index contributed by atoms with van der Waals surface area (Å²) < 4.78 is 11.4. The van der Waals surface area contributed by atoms with E-state index in [9.17, 15) is 9.90 Å². The lowest BCUT2D eigenvalue weighted by Crippen LogP contribution is -2.19. The van der Waals surface area contributed by atoms with Gasteiger partial charge >= 0.3 is 5.63 Å². The maximum absolute atomic E-state index is 12.8. The van der Waals surface area contributed by atoms with Gasteiger partial charge < -0.3 is 14.3 Å². The van der Waals surface area contributed by atoms with Crippen LogP contribution in [-0.2, 0) is 0 Å². The van der Waals surface area contributed by atoms with Crippen LogP contribution < -0.4 is 10.4 Å². The summed E-state index contributed by atoms with van der Waals surface area (Å²) in [5.41, 5.74) is 1.46. The Morgan fingerprint density at radius 1 is 0.923 bits per heavy atom. The Balaban J connectivity index is 1.87. The molecule has 0 saturated heterocycles. The molecule has 1 unspecified atom stereocenters. The fourth-order valence-electron chi connectivity index (χ4n) is 3.51. The number of hydrogen-bond acceptors (Lipinski definition) is 5. The lowest BCUT2D eigenvalue weighted by molar-refractivity contribution is 0.422. The lowest BCUT2D eigenvalue weighted by atomic mass is 9.83. The topological polar surface area (TPSA) is 72.6 Å². The van der Waals surface area contributed by atoms with Gasteiger partial charge in [0.25, 0.3) is 0 Å². The molecule has 4 aromatic rings. The van der Waals surface area contributed by atoms with Gasteiger partial charge in [0.05, 0.1) is 16.9 Å². The molecule has 0 radical (unpaired) electrons. The van der Waals surface area contributed by atoms with Crippen LogP contribution in [-0.4, -0.2) is 10.1 Å². The molecule has 2 aromatic heterocycles. The maximum Gasteiger partial charge on any atom is 0.344 e. The van der Waals surface area contributed by atoms with Crippen molar-refractivity contribution in [2.24, 2.45) is 0 Å². The summed E-state index contributed by atoms with van der Waals surface area (Å²) in [6.07, 6.45) is 1.63. The van der Waals surface area contributed by atoms with Crippen LogP contribution in [0.5, 0.6) is 17.4 Å². The van der Waals surface area contributed by atoms with E-state index in [0.29, 0.717) is 28.2 Å².